The van der Waals surface area contributed by atoms with Crippen LogP contribution in [-0.4, -0.2) is 47.6 Å². The zero-order valence-corrected chi connectivity index (χ0v) is 23.4. The molecular weight excluding hydrogens is 563 g/mol. The highest BCUT2D eigenvalue weighted by Gasteiger charge is 2.29. The minimum absolute atomic E-state index is 0.107. The summed E-state index contributed by atoms with van der Waals surface area (Å²) in [5.41, 5.74) is 6.78. The summed E-state index contributed by atoms with van der Waals surface area (Å²) in [5.74, 6) is 0.812. The molecule has 0 radical (unpaired) electrons. The summed E-state index contributed by atoms with van der Waals surface area (Å²) in [6.07, 6.45) is 6.85. The second kappa shape index (κ2) is 10.8. The number of hydrogen-bond donors (Lipinski definition) is 1. The number of nitrogens with two attached hydrogens (primary N) is 1. The lowest BCUT2D eigenvalue weighted by atomic mass is 9.80. The van der Waals surface area contributed by atoms with Crippen molar-refractivity contribution >= 4 is 50.3 Å². The Bertz CT molecular complexity index is 1670. The summed E-state index contributed by atoms with van der Waals surface area (Å²) in [5, 5.41) is 1.15. The van der Waals surface area contributed by atoms with Crippen molar-refractivity contribution in [1.82, 2.24) is 19.5 Å². The first kappa shape index (κ1) is 27.5. The van der Waals surface area contributed by atoms with Crippen molar-refractivity contribution in [3.05, 3.63) is 76.1 Å². The second-order valence-electron chi connectivity index (χ2n) is 9.85. The molecule has 4 aromatic rings. The van der Waals surface area contributed by atoms with E-state index in [1.807, 2.05) is 0 Å². The van der Waals surface area contributed by atoms with Crippen LogP contribution >= 0.6 is 23.4 Å². The smallest absolute Gasteiger partial charge is 0.332 e. The van der Waals surface area contributed by atoms with Gasteiger partial charge in [-0.3, -0.25) is 9.36 Å². The highest BCUT2D eigenvalue weighted by Crippen LogP contribution is 2.36. The van der Waals surface area contributed by atoms with Gasteiger partial charge < -0.3 is 10.6 Å². The normalized spacial score (nSPS) is 15.5. The Balaban J connectivity index is 1.35. The molecule has 39 heavy (non-hydrogen) atoms. The van der Waals surface area contributed by atoms with Crippen LogP contribution in [0.3, 0.4) is 0 Å². The van der Waals surface area contributed by atoms with E-state index in [1.54, 1.807) is 24.5 Å². The number of aromatic nitrogens is 4. The molecule has 0 bridgehead atoms. The molecule has 2 aromatic carbocycles. The molecule has 204 valence electrons. The van der Waals surface area contributed by atoms with Crippen LogP contribution in [0.4, 0.5) is 9.70 Å². The van der Waals surface area contributed by atoms with Crippen molar-refractivity contribution < 1.29 is 12.3 Å². The maximum absolute atomic E-state index is 13.3. The van der Waals surface area contributed by atoms with Gasteiger partial charge in [-0.25, -0.2) is 15.0 Å². The van der Waals surface area contributed by atoms with E-state index < -0.39 is 15.1 Å². The van der Waals surface area contributed by atoms with E-state index in [1.165, 1.54) is 34.8 Å². The number of benzene rings is 2. The minimum Gasteiger partial charge on any atom is -0.355 e. The molecule has 3 heterocycles. The Kier molecular flexibility index (Phi) is 7.64. The molecule has 2 N–H and O–H groups in total. The molecule has 0 amide bonds. The Morgan fingerprint density at radius 3 is 2.41 bits per heavy atom. The number of halogens is 2. The molecule has 1 fully saturated rings. The van der Waals surface area contributed by atoms with Crippen LogP contribution in [0.25, 0.3) is 10.9 Å². The largest absolute Gasteiger partial charge is 0.355 e. The van der Waals surface area contributed by atoms with Gasteiger partial charge in [0.15, 0.2) is 0 Å². The average Bonchev–Trinajstić information content (AvgIpc) is 2.92. The van der Waals surface area contributed by atoms with Crippen molar-refractivity contribution in [1.29, 1.82) is 0 Å². The Morgan fingerprint density at radius 2 is 1.79 bits per heavy atom. The summed E-state index contributed by atoms with van der Waals surface area (Å²) < 4.78 is 36.7. The van der Waals surface area contributed by atoms with Crippen LogP contribution in [0.1, 0.15) is 25.3 Å². The van der Waals surface area contributed by atoms with E-state index in [0.717, 1.165) is 43.9 Å². The third-order valence-electron chi connectivity index (χ3n) is 7.07. The molecule has 0 atom stereocenters. The lowest BCUT2D eigenvalue weighted by Gasteiger charge is -2.39. The van der Waals surface area contributed by atoms with Gasteiger partial charge in [0.05, 0.1) is 46.1 Å². The fraction of sp³-hybridized carbons (Fsp3) is 0.308. The first-order valence-electron chi connectivity index (χ1n) is 12.2. The third kappa shape index (κ3) is 5.93. The third-order valence-corrected chi connectivity index (χ3v) is 9.39. The van der Waals surface area contributed by atoms with E-state index in [0.29, 0.717) is 27.5 Å². The fourth-order valence-corrected chi connectivity index (χ4v) is 6.03. The average molecular weight is 589 g/mol. The molecule has 0 aliphatic carbocycles. The van der Waals surface area contributed by atoms with E-state index in [4.69, 9.17) is 17.3 Å². The van der Waals surface area contributed by atoms with Crippen molar-refractivity contribution in [2.45, 2.75) is 41.1 Å². The summed E-state index contributed by atoms with van der Waals surface area (Å²) >= 11 is 7.99. The monoisotopic (exact) mass is 588 g/mol. The van der Waals surface area contributed by atoms with Crippen molar-refractivity contribution in [2.75, 3.05) is 24.5 Å². The summed E-state index contributed by atoms with van der Waals surface area (Å²) in [6.45, 7) is 4.76. The quantitative estimate of drug-likeness (QED) is 0.315. The number of nitrogens with zero attached hydrogens (tertiary/aromatic N) is 5. The highest BCUT2D eigenvalue weighted by molar-refractivity contribution is 7.99. The van der Waals surface area contributed by atoms with Crippen molar-refractivity contribution in [3.8, 4) is 0 Å². The van der Waals surface area contributed by atoms with Crippen LogP contribution in [0.5, 0.6) is 0 Å². The van der Waals surface area contributed by atoms with E-state index in [2.05, 4.69) is 26.8 Å². The highest BCUT2D eigenvalue weighted by atomic mass is 35.5. The number of piperidine rings is 1. The molecule has 1 saturated heterocycles. The lowest BCUT2D eigenvalue weighted by molar-refractivity contribution is 0.258. The molecule has 5 rings (SSSR count). The molecule has 0 unspecified atom stereocenters. The van der Waals surface area contributed by atoms with Gasteiger partial charge in [0.1, 0.15) is 10.8 Å². The van der Waals surface area contributed by atoms with Gasteiger partial charge in [0.2, 0.25) is 0 Å². The number of anilines is 1. The van der Waals surface area contributed by atoms with Gasteiger partial charge in [-0.15, -0.1) is 3.89 Å². The molecule has 2 aromatic heterocycles. The Morgan fingerprint density at radius 1 is 1.08 bits per heavy atom. The first-order valence-corrected chi connectivity index (χ1v) is 14.8. The van der Waals surface area contributed by atoms with E-state index in [-0.39, 0.29) is 27.9 Å². The lowest BCUT2D eigenvalue weighted by Crippen LogP contribution is -2.42. The van der Waals surface area contributed by atoms with Crippen LogP contribution in [0, 0.1) is 5.41 Å². The van der Waals surface area contributed by atoms with E-state index >= 15 is 0 Å². The van der Waals surface area contributed by atoms with Crippen molar-refractivity contribution in [2.24, 2.45) is 11.1 Å². The summed E-state index contributed by atoms with van der Waals surface area (Å²) in [7, 11) is -4.80. The Labute approximate surface area is 234 Å². The van der Waals surface area contributed by atoms with Gasteiger partial charge >= 0.3 is 10.2 Å². The van der Waals surface area contributed by atoms with Crippen LogP contribution in [-0.2, 0) is 16.8 Å². The maximum atomic E-state index is 13.3. The molecule has 0 spiro atoms. The predicted octanol–water partition coefficient (Wildman–Crippen LogP) is 4.26. The molecule has 0 saturated carbocycles. The van der Waals surface area contributed by atoms with Gasteiger partial charge in [-0.1, -0.05) is 42.4 Å². The summed E-state index contributed by atoms with van der Waals surface area (Å²) in [6, 6.07) is 8.71. The standard InChI is InChI=1S/C26H26ClFN6O3S2/c1-26(15-29)8-10-33(11-9-26)21-12-31-22(13-30-21)38-20-7-6-19-23(24(20)27)25(35)34(16-32-19)14-17-2-4-18(5-3-17)39(28,36)37/h2-7,12-13,16H,8-11,14-15,29H2,1H3. The zero-order chi connectivity index (χ0) is 27.8. The van der Waals surface area contributed by atoms with Gasteiger partial charge in [-0.2, -0.15) is 8.42 Å². The molecule has 9 nitrogen and oxygen atoms in total. The SMILES string of the molecule is CC1(CN)CCN(c2cnc(Sc3ccc4ncn(Cc5ccc(S(=O)(=O)F)cc5)c(=O)c4c3Cl)cn2)CC1. The second-order valence-corrected chi connectivity index (χ2v) is 12.6. The zero-order valence-electron chi connectivity index (χ0n) is 21.0. The molecule has 1 aliphatic heterocycles. The number of hydrogen-bond acceptors (Lipinski definition) is 9. The predicted molar refractivity (Wildman–Crippen MR) is 150 cm³/mol. The molecular formula is C26H26ClFN6O3S2. The molecule has 13 heteroatoms. The topological polar surface area (TPSA) is 124 Å². The van der Waals surface area contributed by atoms with E-state index in [9.17, 15) is 17.1 Å². The van der Waals surface area contributed by atoms with Crippen LogP contribution in [0.2, 0.25) is 5.02 Å². The van der Waals surface area contributed by atoms with Gasteiger partial charge in [-0.05, 0) is 54.6 Å². The minimum atomic E-state index is -4.80. The number of rotatable bonds is 7. The Hall–Kier alpha value is -3.06. The van der Waals surface area contributed by atoms with Crippen LogP contribution in [0.15, 0.2) is 74.7 Å². The maximum Gasteiger partial charge on any atom is 0.332 e. The fourth-order valence-electron chi connectivity index (χ4n) is 4.45. The first-order chi connectivity index (χ1) is 18.6. The number of fused-ring (bicyclic) bond motifs is 1. The van der Waals surface area contributed by atoms with Gasteiger partial charge in [0, 0.05) is 18.0 Å². The van der Waals surface area contributed by atoms with Crippen molar-refractivity contribution in [3.63, 3.8) is 0 Å². The summed E-state index contributed by atoms with van der Waals surface area (Å²) in [4.78, 5) is 29.2. The van der Waals surface area contributed by atoms with Crippen LogP contribution < -0.4 is 16.2 Å². The molecule has 1 aliphatic rings. The van der Waals surface area contributed by atoms with Gasteiger partial charge in [0.25, 0.3) is 5.56 Å².